The smallest absolute Gasteiger partial charge is 0.215 e. The Morgan fingerprint density at radius 1 is 1.27 bits per heavy atom. The second-order valence-corrected chi connectivity index (χ2v) is 5.41. The first-order valence-corrected chi connectivity index (χ1v) is 6.11. The Bertz CT molecular complexity index is 573. The summed E-state index contributed by atoms with van der Waals surface area (Å²) >= 11 is 5.80. The SMILES string of the molecule is NC1=CC(c2cccc(Cl)c2)=CS1(=O)=O. The van der Waals surface area contributed by atoms with E-state index in [0.29, 0.717) is 10.6 Å². The van der Waals surface area contributed by atoms with Gasteiger partial charge in [-0.15, -0.1) is 0 Å². The lowest BCUT2D eigenvalue weighted by molar-refractivity contribution is 0.610. The number of hydrogen-bond acceptors (Lipinski definition) is 3. The molecule has 15 heavy (non-hydrogen) atoms. The van der Waals surface area contributed by atoms with E-state index in [1.54, 1.807) is 24.3 Å². The van der Waals surface area contributed by atoms with Crippen molar-refractivity contribution in [2.24, 2.45) is 5.73 Å². The monoisotopic (exact) mass is 241 g/mol. The van der Waals surface area contributed by atoms with Gasteiger partial charge in [0.15, 0.2) is 0 Å². The molecular formula is C10H8ClNO2S. The highest BCUT2D eigenvalue weighted by Crippen LogP contribution is 2.27. The quantitative estimate of drug-likeness (QED) is 0.817. The number of halogens is 1. The van der Waals surface area contributed by atoms with Crippen LogP contribution >= 0.6 is 11.6 Å². The standard InChI is InChI=1S/C10H8ClNO2S/c11-9-3-1-2-7(4-9)8-5-10(12)15(13,14)6-8/h1-6H,12H2. The molecule has 0 saturated heterocycles. The van der Waals surface area contributed by atoms with Crippen LogP contribution in [0.3, 0.4) is 0 Å². The molecule has 0 aromatic heterocycles. The van der Waals surface area contributed by atoms with Gasteiger partial charge in [-0.05, 0) is 29.3 Å². The third kappa shape index (κ3) is 1.91. The Hall–Kier alpha value is -1.26. The van der Waals surface area contributed by atoms with Crippen molar-refractivity contribution in [1.82, 2.24) is 0 Å². The molecule has 0 amide bonds. The van der Waals surface area contributed by atoms with E-state index in [2.05, 4.69) is 0 Å². The molecule has 2 N–H and O–H groups in total. The fourth-order valence-corrected chi connectivity index (χ4v) is 2.48. The highest BCUT2D eigenvalue weighted by molar-refractivity contribution is 7.98. The van der Waals surface area contributed by atoms with Crippen molar-refractivity contribution in [3.8, 4) is 0 Å². The maximum absolute atomic E-state index is 11.3. The van der Waals surface area contributed by atoms with Gasteiger partial charge in [0.25, 0.3) is 0 Å². The summed E-state index contributed by atoms with van der Waals surface area (Å²) in [5, 5.41) is 1.58. The number of sulfone groups is 1. The van der Waals surface area contributed by atoms with E-state index in [4.69, 9.17) is 17.3 Å². The first-order valence-electron chi connectivity index (χ1n) is 4.19. The molecule has 0 atom stereocenters. The van der Waals surface area contributed by atoms with Gasteiger partial charge in [-0.3, -0.25) is 0 Å². The predicted octanol–water partition coefficient (Wildman–Crippen LogP) is 1.91. The summed E-state index contributed by atoms with van der Waals surface area (Å²) in [5.74, 6) is 0. The Balaban J connectivity index is 2.53. The Morgan fingerprint density at radius 2 is 2.00 bits per heavy atom. The van der Waals surface area contributed by atoms with Gasteiger partial charge in [0.05, 0.1) is 0 Å². The van der Waals surface area contributed by atoms with Crippen molar-refractivity contribution >= 4 is 27.0 Å². The lowest BCUT2D eigenvalue weighted by Crippen LogP contribution is -2.04. The third-order valence-electron chi connectivity index (χ3n) is 2.07. The molecule has 0 fully saturated rings. The summed E-state index contributed by atoms with van der Waals surface area (Å²) < 4.78 is 22.7. The molecule has 0 aliphatic carbocycles. The highest BCUT2D eigenvalue weighted by atomic mass is 35.5. The Labute approximate surface area is 92.8 Å². The van der Waals surface area contributed by atoms with Crippen LogP contribution in [0.25, 0.3) is 5.57 Å². The number of nitrogens with two attached hydrogens (primary N) is 1. The van der Waals surface area contributed by atoms with Crippen molar-refractivity contribution in [3.63, 3.8) is 0 Å². The molecule has 3 nitrogen and oxygen atoms in total. The van der Waals surface area contributed by atoms with Gasteiger partial charge in [-0.1, -0.05) is 23.7 Å². The van der Waals surface area contributed by atoms with Crippen molar-refractivity contribution in [2.45, 2.75) is 0 Å². The van der Waals surface area contributed by atoms with E-state index in [1.165, 1.54) is 6.08 Å². The topological polar surface area (TPSA) is 60.2 Å². The molecule has 1 aromatic rings. The van der Waals surface area contributed by atoms with E-state index in [9.17, 15) is 8.42 Å². The van der Waals surface area contributed by atoms with Crippen molar-refractivity contribution in [3.05, 3.63) is 51.4 Å². The zero-order chi connectivity index (χ0) is 11.1. The Kier molecular flexibility index (Phi) is 2.32. The number of allylic oxidation sites excluding steroid dienone is 2. The van der Waals surface area contributed by atoms with Crippen LogP contribution < -0.4 is 5.73 Å². The molecule has 1 aliphatic rings. The molecule has 0 saturated carbocycles. The van der Waals surface area contributed by atoms with Crippen molar-refractivity contribution < 1.29 is 8.42 Å². The maximum atomic E-state index is 11.3. The van der Waals surface area contributed by atoms with Crippen molar-refractivity contribution in [1.29, 1.82) is 0 Å². The molecule has 1 heterocycles. The average Bonchev–Trinajstić information content (AvgIpc) is 2.42. The molecule has 78 valence electrons. The minimum Gasteiger partial charge on any atom is -0.389 e. The average molecular weight is 242 g/mol. The van der Waals surface area contributed by atoms with E-state index >= 15 is 0 Å². The number of rotatable bonds is 1. The largest absolute Gasteiger partial charge is 0.389 e. The minimum absolute atomic E-state index is 0.127. The first kappa shape index (κ1) is 10.3. The molecule has 5 heteroatoms. The molecule has 0 radical (unpaired) electrons. The second kappa shape index (κ2) is 3.40. The van der Waals surface area contributed by atoms with Crippen LogP contribution in [-0.2, 0) is 9.84 Å². The summed E-state index contributed by atoms with van der Waals surface area (Å²) in [6, 6.07) is 6.95. The third-order valence-corrected chi connectivity index (χ3v) is 3.64. The molecule has 1 aromatic carbocycles. The van der Waals surface area contributed by atoms with Crippen molar-refractivity contribution in [2.75, 3.05) is 0 Å². The van der Waals surface area contributed by atoms with Crippen LogP contribution in [0.5, 0.6) is 0 Å². The van der Waals surface area contributed by atoms with Crippen LogP contribution in [0.4, 0.5) is 0 Å². The van der Waals surface area contributed by atoms with E-state index in [-0.39, 0.29) is 5.03 Å². The molecule has 0 unspecified atom stereocenters. The number of hydrogen-bond donors (Lipinski definition) is 1. The zero-order valence-electron chi connectivity index (χ0n) is 7.64. The molecule has 2 rings (SSSR count). The fraction of sp³-hybridized carbons (Fsp3) is 0. The summed E-state index contributed by atoms with van der Waals surface area (Å²) in [6.07, 6.45) is 1.43. The lowest BCUT2D eigenvalue weighted by Gasteiger charge is -1.98. The highest BCUT2D eigenvalue weighted by Gasteiger charge is 2.20. The first-order chi connectivity index (χ1) is 6.99. The zero-order valence-corrected chi connectivity index (χ0v) is 9.22. The van der Waals surface area contributed by atoms with Gasteiger partial charge in [-0.25, -0.2) is 8.42 Å². The fourth-order valence-electron chi connectivity index (χ4n) is 1.32. The van der Waals surface area contributed by atoms with Gasteiger partial charge >= 0.3 is 0 Å². The van der Waals surface area contributed by atoms with E-state index < -0.39 is 9.84 Å². The molecular weight excluding hydrogens is 234 g/mol. The summed E-state index contributed by atoms with van der Waals surface area (Å²) in [7, 11) is -3.40. The summed E-state index contributed by atoms with van der Waals surface area (Å²) in [6.45, 7) is 0. The van der Waals surface area contributed by atoms with Gasteiger partial charge in [0.2, 0.25) is 9.84 Å². The van der Waals surface area contributed by atoms with E-state index in [0.717, 1.165) is 11.0 Å². The second-order valence-electron chi connectivity index (χ2n) is 3.18. The Morgan fingerprint density at radius 3 is 2.53 bits per heavy atom. The van der Waals surface area contributed by atoms with Gasteiger partial charge in [-0.2, -0.15) is 0 Å². The maximum Gasteiger partial charge on any atom is 0.215 e. The minimum atomic E-state index is -3.40. The normalized spacial score (nSPS) is 18.5. The van der Waals surface area contributed by atoms with Gasteiger partial charge < -0.3 is 5.73 Å². The predicted molar refractivity (Wildman–Crippen MR) is 60.6 cm³/mol. The molecule has 1 aliphatic heterocycles. The lowest BCUT2D eigenvalue weighted by atomic mass is 10.1. The number of benzene rings is 1. The molecule has 0 spiro atoms. The van der Waals surface area contributed by atoms with E-state index in [1.807, 2.05) is 0 Å². The summed E-state index contributed by atoms with van der Waals surface area (Å²) in [4.78, 5) is 0. The van der Waals surface area contributed by atoms with Crippen LogP contribution in [0, 0.1) is 0 Å². The van der Waals surface area contributed by atoms with Gasteiger partial charge in [0, 0.05) is 10.4 Å². The molecule has 0 bridgehead atoms. The van der Waals surface area contributed by atoms with Crippen LogP contribution in [0.1, 0.15) is 5.56 Å². The van der Waals surface area contributed by atoms with Crippen LogP contribution in [0.15, 0.2) is 40.8 Å². The summed E-state index contributed by atoms with van der Waals surface area (Å²) in [5.41, 5.74) is 6.67. The van der Waals surface area contributed by atoms with Gasteiger partial charge in [0.1, 0.15) is 5.03 Å². The van der Waals surface area contributed by atoms with Crippen LogP contribution in [0.2, 0.25) is 5.02 Å². The van der Waals surface area contributed by atoms with Crippen LogP contribution in [-0.4, -0.2) is 8.42 Å².